The van der Waals surface area contributed by atoms with Crippen molar-refractivity contribution in [3.63, 3.8) is 0 Å². The van der Waals surface area contributed by atoms with Crippen LogP contribution in [0.3, 0.4) is 0 Å². The summed E-state index contributed by atoms with van der Waals surface area (Å²) in [5.41, 5.74) is -0.394. The number of aliphatic hydroxyl groups excluding tert-OH is 10. The van der Waals surface area contributed by atoms with E-state index in [1.165, 1.54) is 20.8 Å². The van der Waals surface area contributed by atoms with E-state index in [1.807, 2.05) is 20.8 Å². The van der Waals surface area contributed by atoms with E-state index < -0.39 is 183 Å². The molecule has 0 bridgehead atoms. The Morgan fingerprint density at radius 1 is 0.500 bits per heavy atom. The van der Waals surface area contributed by atoms with Crippen molar-refractivity contribution in [2.45, 2.75) is 215 Å². The van der Waals surface area contributed by atoms with Gasteiger partial charge in [-0.05, 0) is 66.2 Å². The molecule has 0 aromatic heterocycles. The van der Waals surface area contributed by atoms with Gasteiger partial charge in [-0.3, -0.25) is 38.9 Å². The lowest BCUT2D eigenvalue weighted by Crippen LogP contribution is -2.65. The van der Waals surface area contributed by atoms with Crippen molar-refractivity contribution in [1.29, 1.82) is 0 Å². The minimum Gasteiger partial charge on any atom is -0.394 e. The first-order valence-corrected chi connectivity index (χ1v) is 31.2. The molecule has 1 saturated carbocycles. The van der Waals surface area contributed by atoms with Gasteiger partial charge in [-0.1, -0.05) is 0 Å². The third-order valence-corrected chi connectivity index (χ3v) is 15.2. The van der Waals surface area contributed by atoms with E-state index in [-0.39, 0.29) is 111 Å². The highest BCUT2D eigenvalue weighted by molar-refractivity contribution is 5.90. The van der Waals surface area contributed by atoms with Gasteiger partial charge in [-0.15, -0.1) is 0 Å². The molecule has 4 aliphatic rings. The first-order chi connectivity index (χ1) is 43.7. The Bertz CT molecular complexity index is 2220. The van der Waals surface area contributed by atoms with Crippen LogP contribution in [0.25, 0.3) is 0 Å². The second-order valence-corrected chi connectivity index (χ2v) is 23.8. The van der Waals surface area contributed by atoms with Gasteiger partial charge in [0.1, 0.15) is 85.3 Å². The molecule has 3 heterocycles. The molecule has 35 nitrogen and oxygen atoms in total. The van der Waals surface area contributed by atoms with Crippen molar-refractivity contribution >= 4 is 41.4 Å². The Morgan fingerprint density at radius 2 is 0.880 bits per heavy atom. The van der Waals surface area contributed by atoms with Crippen LogP contribution in [0.5, 0.6) is 0 Å². The fourth-order valence-corrected chi connectivity index (χ4v) is 10.6. The summed E-state index contributed by atoms with van der Waals surface area (Å²) in [6.07, 6.45) is -16.4. The van der Waals surface area contributed by atoms with Gasteiger partial charge < -0.3 is 136 Å². The number of aliphatic hydroxyl groups is 10. The molecule has 0 aromatic carbocycles. The lowest BCUT2D eigenvalue weighted by molar-refractivity contribution is -0.275. The zero-order chi connectivity index (χ0) is 68.1. The maximum atomic E-state index is 13.8. The minimum atomic E-state index is -1.52. The highest BCUT2D eigenvalue weighted by Crippen LogP contribution is 2.30. The summed E-state index contributed by atoms with van der Waals surface area (Å²) in [6, 6.07) is -5.98. The zero-order valence-electron chi connectivity index (χ0n) is 53.2. The minimum absolute atomic E-state index is 0.00589. The van der Waals surface area contributed by atoms with E-state index in [2.05, 4.69) is 42.5 Å². The van der Waals surface area contributed by atoms with Crippen LogP contribution in [0.15, 0.2) is 0 Å². The van der Waals surface area contributed by atoms with Gasteiger partial charge in [0.2, 0.25) is 41.4 Å². The predicted octanol–water partition coefficient (Wildman–Crippen LogP) is -8.04. The van der Waals surface area contributed by atoms with E-state index >= 15 is 0 Å². The summed E-state index contributed by atoms with van der Waals surface area (Å²) >= 11 is 0. The van der Waals surface area contributed by atoms with Gasteiger partial charge >= 0.3 is 0 Å². The number of amides is 7. The summed E-state index contributed by atoms with van der Waals surface area (Å²) in [5, 5.41) is 122. The average molecular weight is 1330 g/mol. The first kappa shape index (κ1) is 79.9. The molecule has 4 rings (SSSR count). The van der Waals surface area contributed by atoms with Gasteiger partial charge in [-0.2, -0.15) is 0 Å². The van der Waals surface area contributed by atoms with Gasteiger partial charge in [0.05, 0.1) is 97.0 Å². The summed E-state index contributed by atoms with van der Waals surface area (Å²) in [4.78, 5) is 91.9. The molecule has 0 spiro atoms. The lowest BCUT2D eigenvalue weighted by atomic mass is 9.86. The summed E-state index contributed by atoms with van der Waals surface area (Å²) in [6.45, 7) is 6.78. The van der Waals surface area contributed by atoms with E-state index in [0.29, 0.717) is 25.7 Å². The SMILES string of the molecule is CC(=O)NC1C(OCCOCCNC(=O)CCC(NC(=O)CCC(NC(=O)[C@H]2CC[C@@H](OC(C)(C)C)CC2)C(=O)NCCOCCOC2OC(CO)C(O)C(O)C2NC(C)=O)C(=O)NCCOCCOC2OC(CO)C(O)C(O)C2NC(C)O)OC(CO)C(O)C1O. The fourth-order valence-electron chi connectivity index (χ4n) is 10.6. The van der Waals surface area contributed by atoms with Crippen molar-refractivity contribution in [3.8, 4) is 0 Å². The highest BCUT2D eigenvalue weighted by atomic mass is 16.7. The molecule has 532 valence electrons. The number of nitrogens with one attached hydrogen (secondary N) is 8. The van der Waals surface area contributed by atoms with Crippen LogP contribution in [0.2, 0.25) is 0 Å². The molecule has 92 heavy (non-hydrogen) atoms. The third kappa shape index (κ3) is 27.7. The third-order valence-electron chi connectivity index (χ3n) is 15.2. The van der Waals surface area contributed by atoms with E-state index in [0.717, 1.165) is 0 Å². The summed E-state index contributed by atoms with van der Waals surface area (Å²) < 4.78 is 56.6. The van der Waals surface area contributed by atoms with Crippen LogP contribution in [0.1, 0.15) is 92.9 Å². The monoisotopic (exact) mass is 1330 g/mol. The van der Waals surface area contributed by atoms with Crippen molar-refractivity contribution in [3.05, 3.63) is 0 Å². The molecule has 4 fully saturated rings. The van der Waals surface area contributed by atoms with Crippen molar-refractivity contribution in [2.75, 3.05) is 98.9 Å². The number of hydrogen-bond donors (Lipinski definition) is 18. The number of carbonyl (C=O) groups is 7. The van der Waals surface area contributed by atoms with Gasteiger partial charge in [0.25, 0.3) is 0 Å². The molecule has 0 aromatic rings. The standard InChI is InChI=1S/C57H102N8O27/c1-30(69)61-42-48(77)45(74)37(27-66)89-54(42)86-24-21-83-18-15-58-40(72)13-11-35(52(81)59-16-19-84-22-25-87-55-43(62-31(2)70)49(78)46(75)38(28-67)90-55)64-41(73)14-12-36(65-51(80)33-7-9-34(10-8-33)92-57(4,5)6)53(82)60-17-20-85-23-26-88-56-44(63-32(3)71)50(79)47(76)39(29-68)91-56/h31,33-39,42-50,54-56,62,66-68,70,74-79H,7-29H2,1-6H3,(H,58,72)(H,59,81)(H,60,82)(H,61,69)(H,63,71)(H,64,73)(H,65,80)/t31?,33-,34+,35?,36?,37?,38?,39?,42?,43?,44?,45?,46?,47?,48?,49?,50?,54?,55?,56?. The van der Waals surface area contributed by atoms with E-state index in [4.69, 9.17) is 47.4 Å². The second-order valence-electron chi connectivity index (χ2n) is 23.8. The average Bonchev–Trinajstić information content (AvgIpc) is 0.846. The molecule has 35 heteroatoms. The summed E-state index contributed by atoms with van der Waals surface area (Å²) in [5.74, 6) is -4.55. The van der Waals surface area contributed by atoms with Gasteiger partial charge in [0.15, 0.2) is 18.9 Å². The molecule has 0 radical (unpaired) electrons. The normalized spacial score (nSPS) is 30.2. The molecule has 18 N–H and O–H groups in total. The van der Waals surface area contributed by atoms with Crippen LogP contribution in [-0.2, 0) is 80.9 Å². The molecule has 18 unspecified atom stereocenters. The lowest BCUT2D eigenvalue weighted by Gasteiger charge is -2.42. The van der Waals surface area contributed by atoms with Crippen LogP contribution in [0.4, 0.5) is 0 Å². The smallest absolute Gasteiger partial charge is 0.242 e. The van der Waals surface area contributed by atoms with Crippen LogP contribution < -0.4 is 42.5 Å². The van der Waals surface area contributed by atoms with Crippen LogP contribution in [-0.4, -0.2) is 313 Å². The number of carbonyl (C=O) groups excluding carboxylic acids is 7. The maximum Gasteiger partial charge on any atom is 0.242 e. The van der Waals surface area contributed by atoms with E-state index in [9.17, 15) is 84.6 Å². The largest absolute Gasteiger partial charge is 0.394 e. The Labute approximate surface area is 534 Å². The molecular formula is C57H102N8O27. The molecular weight excluding hydrogens is 1230 g/mol. The van der Waals surface area contributed by atoms with E-state index in [1.54, 1.807) is 0 Å². The topological polar surface area (TPSA) is 510 Å². The Morgan fingerprint density at radius 3 is 1.27 bits per heavy atom. The first-order valence-electron chi connectivity index (χ1n) is 31.2. The van der Waals surface area contributed by atoms with Crippen LogP contribution in [0, 0.1) is 5.92 Å². The highest BCUT2D eigenvalue weighted by Gasteiger charge is 2.48. The Balaban J connectivity index is 1.35. The van der Waals surface area contributed by atoms with Crippen molar-refractivity contribution in [2.24, 2.45) is 5.92 Å². The second kappa shape index (κ2) is 41.4. The molecule has 18 atom stereocenters. The summed E-state index contributed by atoms with van der Waals surface area (Å²) in [7, 11) is 0. The predicted molar refractivity (Wildman–Crippen MR) is 315 cm³/mol. The van der Waals surface area contributed by atoms with Crippen molar-refractivity contribution < 1.29 is 132 Å². The molecule has 3 saturated heterocycles. The van der Waals surface area contributed by atoms with Gasteiger partial charge in [0, 0.05) is 52.2 Å². The van der Waals surface area contributed by atoms with Crippen LogP contribution >= 0.6 is 0 Å². The number of ether oxygens (including phenoxy) is 10. The zero-order valence-corrected chi connectivity index (χ0v) is 53.2. The number of hydrogen-bond acceptors (Lipinski definition) is 28. The fraction of sp³-hybridized carbons (Fsp3) is 0.877. The Kier molecular flexibility index (Phi) is 36.0. The van der Waals surface area contributed by atoms with Gasteiger partial charge in [-0.25, -0.2) is 0 Å². The molecule has 7 amide bonds. The molecule has 1 aliphatic carbocycles. The molecule has 3 aliphatic heterocycles. The Hall–Kier alpha value is -4.55. The maximum absolute atomic E-state index is 13.8. The van der Waals surface area contributed by atoms with Crippen molar-refractivity contribution in [1.82, 2.24) is 42.5 Å². The quantitative estimate of drug-likeness (QED) is 0.0200. The number of rotatable bonds is 40.